The van der Waals surface area contributed by atoms with E-state index in [4.69, 9.17) is 10.5 Å². The van der Waals surface area contributed by atoms with Crippen LogP contribution in [0.3, 0.4) is 0 Å². The maximum atomic E-state index is 11.2. The van der Waals surface area contributed by atoms with Crippen molar-refractivity contribution in [3.8, 4) is 5.75 Å². The Morgan fingerprint density at radius 3 is 2.53 bits per heavy atom. The molecule has 17 heavy (non-hydrogen) atoms. The standard InChI is InChI=1S/C13H20N2O2/c1-10(2)17-12-5-3-11(4-6-12)9-15-13(16)7-8-14/h3-6,10H,7-9,14H2,1-2H3,(H,15,16). The molecule has 94 valence electrons. The molecule has 0 aromatic heterocycles. The first kappa shape index (κ1) is 13.5. The van der Waals surface area contributed by atoms with E-state index in [0.717, 1.165) is 11.3 Å². The van der Waals surface area contributed by atoms with Gasteiger partial charge in [-0.1, -0.05) is 12.1 Å². The highest BCUT2D eigenvalue weighted by atomic mass is 16.5. The largest absolute Gasteiger partial charge is 0.491 e. The molecule has 1 rings (SSSR count). The highest BCUT2D eigenvalue weighted by Gasteiger charge is 2.01. The second-order valence-electron chi connectivity index (χ2n) is 4.13. The van der Waals surface area contributed by atoms with Gasteiger partial charge in [0.2, 0.25) is 5.91 Å². The summed E-state index contributed by atoms with van der Waals surface area (Å²) in [4.78, 5) is 11.2. The van der Waals surface area contributed by atoms with Gasteiger partial charge < -0.3 is 15.8 Å². The normalized spacial score (nSPS) is 10.4. The summed E-state index contributed by atoms with van der Waals surface area (Å²) in [5.74, 6) is 0.826. The van der Waals surface area contributed by atoms with Crippen LogP contribution in [0.15, 0.2) is 24.3 Å². The molecular formula is C13H20N2O2. The first-order valence-corrected chi connectivity index (χ1v) is 5.84. The Bertz CT molecular complexity index is 347. The fraction of sp³-hybridized carbons (Fsp3) is 0.462. The summed E-state index contributed by atoms with van der Waals surface area (Å²) in [7, 11) is 0. The number of amides is 1. The molecular weight excluding hydrogens is 216 g/mol. The molecule has 0 aliphatic rings. The smallest absolute Gasteiger partial charge is 0.221 e. The van der Waals surface area contributed by atoms with E-state index >= 15 is 0 Å². The van der Waals surface area contributed by atoms with Crippen LogP contribution in [0.5, 0.6) is 5.75 Å². The van der Waals surface area contributed by atoms with Crippen LogP contribution in [0.1, 0.15) is 25.8 Å². The van der Waals surface area contributed by atoms with E-state index in [1.165, 1.54) is 0 Å². The van der Waals surface area contributed by atoms with Crippen LogP contribution in [0, 0.1) is 0 Å². The van der Waals surface area contributed by atoms with Crippen molar-refractivity contribution < 1.29 is 9.53 Å². The van der Waals surface area contributed by atoms with Gasteiger partial charge in [0, 0.05) is 19.5 Å². The van der Waals surface area contributed by atoms with E-state index in [-0.39, 0.29) is 12.0 Å². The molecule has 0 aliphatic heterocycles. The second-order valence-corrected chi connectivity index (χ2v) is 4.13. The van der Waals surface area contributed by atoms with Crippen LogP contribution in [0.2, 0.25) is 0 Å². The van der Waals surface area contributed by atoms with Gasteiger partial charge >= 0.3 is 0 Å². The van der Waals surface area contributed by atoms with Gasteiger partial charge in [0.05, 0.1) is 6.10 Å². The number of carbonyl (C=O) groups is 1. The predicted molar refractivity (Wildman–Crippen MR) is 67.7 cm³/mol. The van der Waals surface area contributed by atoms with Crippen LogP contribution >= 0.6 is 0 Å². The Morgan fingerprint density at radius 1 is 1.35 bits per heavy atom. The molecule has 3 N–H and O–H groups in total. The average molecular weight is 236 g/mol. The maximum absolute atomic E-state index is 11.2. The van der Waals surface area contributed by atoms with Gasteiger partial charge in [-0.25, -0.2) is 0 Å². The summed E-state index contributed by atoms with van der Waals surface area (Å²) >= 11 is 0. The molecule has 0 atom stereocenters. The van der Waals surface area contributed by atoms with Gasteiger partial charge in [-0.2, -0.15) is 0 Å². The number of carbonyl (C=O) groups excluding carboxylic acids is 1. The Hall–Kier alpha value is -1.55. The fourth-order valence-corrected chi connectivity index (χ4v) is 1.38. The van der Waals surface area contributed by atoms with Crippen LogP contribution in [-0.4, -0.2) is 18.6 Å². The van der Waals surface area contributed by atoms with Gasteiger partial charge in [-0.3, -0.25) is 4.79 Å². The van der Waals surface area contributed by atoms with E-state index in [1.807, 2.05) is 38.1 Å². The lowest BCUT2D eigenvalue weighted by Gasteiger charge is -2.10. The summed E-state index contributed by atoms with van der Waals surface area (Å²) in [6.07, 6.45) is 0.541. The van der Waals surface area contributed by atoms with E-state index in [2.05, 4.69) is 5.32 Å². The molecule has 0 aliphatic carbocycles. The maximum Gasteiger partial charge on any atom is 0.221 e. The summed E-state index contributed by atoms with van der Waals surface area (Å²) in [6.45, 7) is 4.88. The number of rotatable bonds is 6. The third kappa shape index (κ3) is 5.36. The molecule has 4 nitrogen and oxygen atoms in total. The highest BCUT2D eigenvalue weighted by Crippen LogP contribution is 2.13. The minimum atomic E-state index is -0.0185. The zero-order valence-electron chi connectivity index (χ0n) is 10.4. The zero-order valence-corrected chi connectivity index (χ0v) is 10.4. The average Bonchev–Trinajstić information content (AvgIpc) is 2.28. The molecule has 0 unspecified atom stereocenters. The lowest BCUT2D eigenvalue weighted by Crippen LogP contribution is -2.24. The number of nitrogens with one attached hydrogen (secondary N) is 1. The molecule has 4 heteroatoms. The topological polar surface area (TPSA) is 64.3 Å². The Labute approximate surface area is 102 Å². The highest BCUT2D eigenvalue weighted by molar-refractivity contribution is 5.76. The molecule has 1 amide bonds. The van der Waals surface area contributed by atoms with E-state index in [1.54, 1.807) is 0 Å². The molecule has 0 fully saturated rings. The molecule has 1 aromatic rings. The van der Waals surface area contributed by atoms with Crippen LogP contribution in [-0.2, 0) is 11.3 Å². The monoisotopic (exact) mass is 236 g/mol. The Kier molecular flexibility index (Phi) is 5.49. The van der Waals surface area contributed by atoms with Gasteiger partial charge in [0.15, 0.2) is 0 Å². The van der Waals surface area contributed by atoms with Crippen LogP contribution in [0.4, 0.5) is 0 Å². The van der Waals surface area contributed by atoms with Gasteiger partial charge in [-0.15, -0.1) is 0 Å². The SMILES string of the molecule is CC(C)Oc1ccc(CNC(=O)CCN)cc1. The quantitative estimate of drug-likeness (QED) is 0.785. The van der Waals surface area contributed by atoms with Crippen molar-refractivity contribution in [2.75, 3.05) is 6.54 Å². The van der Waals surface area contributed by atoms with E-state index in [9.17, 15) is 4.79 Å². The van der Waals surface area contributed by atoms with Gasteiger partial charge in [-0.05, 0) is 31.5 Å². The summed E-state index contributed by atoms with van der Waals surface area (Å²) in [5, 5.41) is 2.80. The minimum absolute atomic E-state index is 0.0185. The van der Waals surface area contributed by atoms with Crippen molar-refractivity contribution in [3.05, 3.63) is 29.8 Å². The summed E-state index contributed by atoms with van der Waals surface area (Å²) < 4.78 is 5.53. The molecule has 0 heterocycles. The fourth-order valence-electron chi connectivity index (χ4n) is 1.38. The summed E-state index contributed by atoms with van der Waals surface area (Å²) in [5.41, 5.74) is 6.33. The van der Waals surface area contributed by atoms with Crippen molar-refractivity contribution in [2.45, 2.75) is 32.9 Å². The Morgan fingerprint density at radius 2 is 2.00 bits per heavy atom. The first-order chi connectivity index (χ1) is 8.11. The molecule has 1 aromatic carbocycles. The van der Waals surface area contributed by atoms with Crippen molar-refractivity contribution in [1.29, 1.82) is 0 Å². The van der Waals surface area contributed by atoms with Crippen molar-refractivity contribution in [3.63, 3.8) is 0 Å². The van der Waals surface area contributed by atoms with Crippen molar-refractivity contribution >= 4 is 5.91 Å². The Balaban J connectivity index is 2.42. The van der Waals surface area contributed by atoms with Crippen molar-refractivity contribution in [2.24, 2.45) is 5.73 Å². The number of benzene rings is 1. The number of hydrogen-bond donors (Lipinski definition) is 2. The lowest BCUT2D eigenvalue weighted by atomic mass is 10.2. The first-order valence-electron chi connectivity index (χ1n) is 5.84. The van der Waals surface area contributed by atoms with Gasteiger partial charge in [0.25, 0.3) is 0 Å². The minimum Gasteiger partial charge on any atom is -0.491 e. The molecule has 0 saturated carbocycles. The predicted octanol–water partition coefficient (Wildman–Crippen LogP) is 1.44. The molecule has 0 radical (unpaired) electrons. The van der Waals surface area contributed by atoms with Crippen molar-refractivity contribution in [1.82, 2.24) is 5.32 Å². The van der Waals surface area contributed by atoms with E-state index < -0.39 is 0 Å². The second kappa shape index (κ2) is 6.91. The third-order valence-electron chi connectivity index (χ3n) is 2.16. The number of hydrogen-bond acceptors (Lipinski definition) is 3. The number of ether oxygens (including phenoxy) is 1. The van der Waals surface area contributed by atoms with Gasteiger partial charge in [0.1, 0.15) is 5.75 Å². The molecule has 0 bridgehead atoms. The lowest BCUT2D eigenvalue weighted by molar-refractivity contribution is -0.121. The van der Waals surface area contributed by atoms with E-state index in [0.29, 0.717) is 19.5 Å². The number of nitrogens with two attached hydrogens (primary N) is 1. The van der Waals surface area contributed by atoms with Crippen LogP contribution < -0.4 is 15.8 Å². The molecule has 0 saturated heterocycles. The van der Waals surface area contributed by atoms with Crippen LogP contribution in [0.25, 0.3) is 0 Å². The zero-order chi connectivity index (χ0) is 12.7. The third-order valence-corrected chi connectivity index (χ3v) is 2.16. The molecule has 0 spiro atoms. The summed E-state index contributed by atoms with van der Waals surface area (Å²) in [6, 6.07) is 7.70.